The minimum absolute atomic E-state index is 0.0946. The van der Waals surface area contributed by atoms with E-state index in [2.05, 4.69) is 405 Å². The standard InChI is InChI=1S/C107H88BN5/c1-106(2,3)78-46-55-97-90(62-78)91-63-79(107(4,5)6)47-56-98(91)111(97)83-66-101-103-102(67-83)113(105-86(73-35-21-11-22-36-73)41-26-42-87(105)74-37-23-12-24-38-74)100-65-81(110-95-53-44-75(69-27-13-7-14-28-69)60-88(95)89-61-76(45-54-96(89)110)70-29-15-8-16-30-70)49-51-93(100)108(103)92-50-48-80(109-82-58-68-43-52-94(109)77(57-68)59-82)64-99(92)112(101)104-84(71-31-17-9-18-32-71)39-25-40-85(104)72-33-19-10-20-34-72/h7-42,44-51,53-56,60-68,77,82,94H,43,52,57-59H2,1-6H3. The van der Waals surface area contributed by atoms with E-state index in [1.54, 1.807) is 0 Å². The van der Waals surface area contributed by atoms with Gasteiger partial charge in [-0.15, -0.1) is 0 Å². The van der Waals surface area contributed by atoms with Gasteiger partial charge >= 0.3 is 0 Å². The molecule has 0 amide bonds. The van der Waals surface area contributed by atoms with Crippen LogP contribution in [0.4, 0.5) is 39.8 Å². The largest absolute Gasteiger partial charge is 0.365 e. The molecule has 2 aromatic heterocycles. The van der Waals surface area contributed by atoms with Crippen molar-refractivity contribution >= 4 is 107 Å². The molecule has 113 heavy (non-hydrogen) atoms. The second kappa shape index (κ2) is 26.0. The highest BCUT2D eigenvalue weighted by atomic mass is 15.2. The van der Waals surface area contributed by atoms with Crippen LogP contribution in [-0.2, 0) is 10.8 Å². The molecule has 3 bridgehead atoms. The molecule has 4 unspecified atom stereocenters. The summed E-state index contributed by atoms with van der Waals surface area (Å²) in [7, 11) is 0. The van der Waals surface area contributed by atoms with Crippen LogP contribution in [0.3, 0.4) is 0 Å². The Hall–Kier alpha value is -12.6. The number of anilines is 7. The average Bonchev–Trinajstić information content (AvgIpc) is 1.17. The number of hydrogen-bond acceptors (Lipinski definition) is 3. The zero-order valence-electron chi connectivity index (χ0n) is 65.0. The molecule has 3 fully saturated rings. The predicted molar refractivity (Wildman–Crippen MR) is 479 cm³/mol. The molecule has 5 heterocycles. The van der Waals surface area contributed by atoms with Crippen LogP contribution in [0.2, 0.25) is 0 Å². The highest BCUT2D eigenvalue weighted by Crippen LogP contribution is 2.57. The Bertz CT molecular complexity index is 6360. The van der Waals surface area contributed by atoms with Gasteiger partial charge in [0, 0.05) is 90.0 Å². The van der Waals surface area contributed by atoms with Gasteiger partial charge in [0.15, 0.2) is 0 Å². The summed E-state index contributed by atoms with van der Waals surface area (Å²) >= 11 is 0. The van der Waals surface area contributed by atoms with E-state index in [0.717, 1.165) is 84.9 Å². The van der Waals surface area contributed by atoms with E-state index in [4.69, 9.17) is 0 Å². The average molecular weight is 1450 g/mol. The predicted octanol–water partition coefficient (Wildman–Crippen LogP) is 26.3. The number of aromatic nitrogens is 2. The summed E-state index contributed by atoms with van der Waals surface area (Å²) in [6, 6.07) is 131. The molecule has 22 rings (SSSR count). The molecule has 0 radical (unpaired) electrons. The maximum atomic E-state index is 2.94. The van der Waals surface area contributed by atoms with Crippen LogP contribution < -0.4 is 31.1 Å². The monoisotopic (exact) mass is 1450 g/mol. The Morgan fingerprint density at radius 1 is 0.292 bits per heavy atom. The molecule has 0 spiro atoms. The van der Waals surface area contributed by atoms with Crippen molar-refractivity contribution in [3.8, 4) is 78.1 Å². The molecule has 1 saturated heterocycles. The normalized spacial score (nSPS) is 16.9. The molecule has 2 saturated carbocycles. The number of rotatable bonds is 11. The van der Waals surface area contributed by atoms with Crippen molar-refractivity contribution < 1.29 is 0 Å². The lowest BCUT2D eigenvalue weighted by Crippen LogP contribution is -2.61. The molecule has 0 N–H and O–H groups in total. The summed E-state index contributed by atoms with van der Waals surface area (Å²) in [4.78, 5) is 8.48. The third-order valence-corrected chi connectivity index (χ3v) is 26.2. The van der Waals surface area contributed by atoms with Gasteiger partial charge < -0.3 is 23.8 Å². The molecule has 6 heteroatoms. The van der Waals surface area contributed by atoms with E-state index in [0.29, 0.717) is 12.1 Å². The van der Waals surface area contributed by atoms with E-state index >= 15 is 0 Å². The van der Waals surface area contributed by atoms with Crippen molar-refractivity contribution in [1.29, 1.82) is 0 Å². The summed E-state index contributed by atoms with van der Waals surface area (Å²) in [5.41, 5.74) is 35.4. The molecular formula is C107H88BN5. The highest BCUT2D eigenvalue weighted by molar-refractivity contribution is 7.00. The van der Waals surface area contributed by atoms with Gasteiger partial charge in [0.2, 0.25) is 0 Å². The van der Waals surface area contributed by atoms with Crippen LogP contribution in [0.15, 0.2) is 340 Å². The first kappa shape index (κ1) is 67.3. The van der Waals surface area contributed by atoms with E-state index in [9.17, 15) is 0 Å². The number of nitrogens with zero attached hydrogens (tertiary/aromatic N) is 5. The molecule has 4 atom stereocenters. The van der Waals surface area contributed by atoms with Crippen molar-refractivity contribution in [2.45, 2.75) is 96.6 Å². The van der Waals surface area contributed by atoms with E-state index < -0.39 is 0 Å². The summed E-state index contributed by atoms with van der Waals surface area (Å²) in [6.07, 6.45) is 6.47. The number of hydrogen-bond donors (Lipinski definition) is 0. The lowest BCUT2D eigenvalue weighted by molar-refractivity contribution is 0.222. The van der Waals surface area contributed by atoms with Gasteiger partial charge in [0.1, 0.15) is 0 Å². The Kier molecular flexibility index (Phi) is 15.5. The Labute approximate surface area is 663 Å². The van der Waals surface area contributed by atoms with Crippen molar-refractivity contribution in [3.05, 3.63) is 351 Å². The number of para-hydroxylation sites is 2. The second-order valence-electron chi connectivity index (χ2n) is 34.7. The molecule has 3 aliphatic heterocycles. The van der Waals surface area contributed by atoms with E-state index in [1.165, 1.54) is 148 Å². The van der Waals surface area contributed by atoms with Crippen LogP contribution >= 0.6 is 0 Å². The first-order chi connectivity index (χ1) is 55.3. The van der Waals surface area contributed by atoms with Crippen LogP contribution in [0, 0.1) is 11.8 Å². The van der Waals surface area contributed by atoms with Crippen molar-refractivity contribution in [2.75, 3.05) is 14.7 Å². The summed E-state index contributed by atoms with van der Waals surface area (Å²) < 4.78 is 5.20. The fourth-order valence-electron chi connectivity index (χ4n) is 20.9. The number of benzene rings is 15. The zero-order chi connectivity index (χ0) is 75.5. The molecule has 17 aromatic rings. The first-order valence-corrected chi connectivity index (χ1v) is 40.9. The second-order valence-corrected chi connectivity index (χ2v) is 34.7. The lowest BCUT2D eigenvalue weighted by Gasteiger charge is -2.46. The fourth-order valence-corrected chi connectivity index (χ4v) is 20.9. The number of fused-ring (bicyclic) bond motifs is 12. The van der Waals surface area contributed by atoms with Crippen LogP contribution in [0.25, 0.3) is 122 Å². The SMILES string of the molecule is CC(C)(C)c1ccc2c(c1)c1cc(C(C)(C)C)ccc1n2-c1cc2c3c(c1)N(c1c(-c4ccccc4)cccc1-c1ccccc1)c1cc(-n4c5ccc(-c6ccccc6)cc5c5cc(-c6ccccc6)ccc54)ccc1B3c1ccc(N3C4CC5CCC3C(C5)C4)cc1N2c1c(-c2ccccc2)cccc1-c1ccccc1. The van der Waals surface area contributed by atoms with Gasteiger partial charge in [-0.25, -0.2) is 0 Å². The third-order valence-electron chi connectivity index (χ3n) is 26.2. The van der Waals surface area contributed by atoms with Gasteiger partial charge in [0.05, 0.1) is 39.1 Å². The Balaban J connectivity index is 0.910. The minimum atomic E-state index is -0.238. The topological polar surface area (TPSA) is 19.6 Å². The van der Waals surface area contributed by atoms with Gasteiger partial charge in [-0.3, -0.25) is 0 Å². The smallest absolute Gasteiger partial charge is 0.252 e. The van der Waals surface area contributed by atoms with Crippen molar-refractivity contribution in [2.24, 2.45) is 11.8 Å². The van der Waals surface area contributed by atoms with Crippen molar-refractivity contribution in [1.82, 2.24) is 9.13 Å². The minimum Gasteiger partial charge on any atom is -0.365 e. The summed E-state index contributed by atoms with van der Waals surface area (Å²) in [6.45, 7) is 13.9. The Morgan fingerprint density at radius 2 is 0.664 bits per heavy atom. The van der Waals surface area contributed by atoms with Gasteiger partial charge in [-0.1, -0.05) is 296 Å². The lowest BCUT2D eigenvalue weighted by atomic mass is 9.33. The van der Waals surface area contributed by atoms with Crippen LogP contribution in [-0.4, -0.2) is 27.9 Å². The van der Waals surface area contributed by atoms with Crippen LogP contribution in [0.1, 0.15) is 84.8 Å². The first-order valence-electron chi connectivity index (χ1n) is 40.9. The molecule has 15 aromatic carbocycles. The highest BCUT2D eigenvalue weighted by Gasteiger charge is 2.51. The van der Waals surface area contributed by atoms with Crippen LogP contribution in [0.5, 0.6) is 0 Å². The molecule has 2 aliphatic carbocycles. The van der Waals surface area contributed by atoms with Crippen molar-refractivity contribution in [3.63, 3.8) is 0 Å². The van der Waals surface area contributed by atoms with Gasteiger partial charge in [-0.05, 0) is 212 Å². The quantitative estimate of drug-likeness (QED) is 0.120. The summed E-state index contributed by atoms with van der Waals surface area (Å²) in [5.74, 6) is 1.52. The van der Waals surface area contributed by atoms with E-state index in [-0.39, 0.29) is 17.5 Å². The fraction of sp³-hybridized carbons (Fsp3) is 0.159. The zero-order valence-corrected chi connectivity index (χ0v) is 65.0. The van der Waals surface area contributed by atoms with Gasteiger partial charge in [-0.2, -0.15) is 0 Å². The molecular weight excluding hydrogens is 1370 g/mol. The Morgan fingerprint density at radius 3 is 1.09 bits per heavy atom. The third kappa shape index (κ3) is 10.9. The molecule has 5 aliphatic rings. The maximum Gasteiger partial charge on any atom is 0.252 e. The maximum absolute atomic E-state index is 2.94. The molecule has 5 nitrogen and oxygen atoms in total. The summed E-state index contributed by atoms with van der Waals surface area (Å²) in [5, 5.41) is 4.93. The van der Waals surface area contributed by atoms with Gasteiger partial charge in [0.25, 0.3) is 6.71 Å². The molecule has 544 valence electrons. The van der Waals surface area contributed by atoms with E-state index in [1.807, 2.05) is 0 Å².